The zero-order valence-electron chi connectivity index (χ0n) is 22.9. The number of hydrogen-bond donors (Lipinski definition) is 1. The number of aromatic nitrogens is 6. The van der Waals surface area contributed by atoms with Crippen molar-refractivity contribution in [2.75, 3.05) is 14.2 Å². The van der Waals surface area contributed by atoms with Gasteiger partial charge < -0.3 is 14.0 Å². The molecule has 1 amide bonds. The molecule has 0 aliphatic carbocycles. The molecule has 0 aliphatic heterocycles. The van der Waals surface area contributed by atoms with Gasteiger partial charge in [-0.15, -0.1) is 5.10 Å². The van der Waals surface area contributed by atoms with Crippen LogP contribution >= 0.6 is 11.6 Å². The predicted molar refractivity (Wildman–Crippen MR) is 148 cm³/mol. The summed E-state index contributed by atoms with van der Waals surface area (Å²) in [6.45, 7) is 6.86. The standard InChI is InChI=1S/C28H33ClN7O3/c1-17(14-20-11-12-23(38-4)27(39-5)26(20)29)10-13-25(37)30-15-24-31-18(2)19(3)36(24)16-21-8-6-7-9-22(21)28-32-34-35-33-28/h6-9,11-12,17H,10,13-16H2,1-5H3,(H,32,33,34,35). The van der Waals surface area contributed by atoms with Crippen molar-refractivity contribution in [2.45, 2.75) is 53.1 Å². The molecule has 39 heavy (non-hydrogen) atoms. The molecular formula is C28H33ClN7O3. The van der Waals surface area contributed by atoms with E-state index in [2.05, 4.69) is 37.4 Å². The topological polar surface area (TPSA) is 122 Å². The third kappa shape index (κ3) is 6.57. The first-order chi connectivity index (χ1) is 18.8. The van der Waals surface area contributed by atoms with E-state index in [0.717, 1.165) is 40.3 Å². The number of aromatic amines is 1. The van der Waals surface area contributed by atoms with Gasteiger partial charge in [-0.2, -0.15) is 0 Å². The van der Waals surface area contributed by atoms with E-state index < -0.39 is 0 Å². The van der Waals surface area contributed by atoms with E-state index in [0.29, 0.717) is 41.7 Å². The zero-order chi connectivity index (χ0) is 27.9. The van der Waals surface area contributed by atoms with Gasteiger partial charge in [-0.05, 0) is 60.2 Å². The van der Waals surface area contributed by atoms with Crippen molar-refractivity contribution >= 4 is 17.5 Å². The molecule has 1 N–H and O–H groups in total. The summed E-state index contributed by atoms with van der Waals surface area (Å²) in [6, 6.07) is 11.7. The van der Waals surface area contributed by atoms with E-state index in [-0.39, 0.29) is 18.4 Å². The second kappa shape index (κ2) is 12.8. The molecule has 1 radical (unpaired) electrons. The highest BCUT2D eigenvalue weighted by Crippen LogP contribution is 2.38. The van der Waals surface area contributed by atoms with Crippen molar-refractivity contribution < 1.29 is 14.3 Å². The van der Waals surface area contributed by atoms with Crippen LogP contribution in [0.3, 0.4) is 0 Å². The minimum atomic E-state index is -0.141. The Balaban J connectivity index is 1.36. The molecular weight excluding hydrogens is 518 g/mol. The Morgan fingerprint density at radius 2 is 1.92 bits per heavy atom. The first-order valence-electron chi connectivity index (χ1n) is 12.8. The van der Waals surface area contributed by atoms with Crippen LogP contribution in [-0.4, -0.2) is 50.3 Å². The van der Waals surface area contributed by atoms with Crippen molar-refractivity contribution in [2.24, 2.45) is 5.92 Å². The second-order valence-corrected chi connectivity index (χ2v) is 9.90. The SMILES string of the molecule is COc1ccc(CC(C)CCC(=O)[N]Cc2nc(C)c(C)n2Cc2ccccc2-c2nnn[nH]2)c(Cl)c1OC. The maximum atomic E-state index is 12.7. The molecule has 0 saturated heterocycles. The Kier molecular flexibility index (Phi) is 9.19. The molecule has 0 aliphatic rings. The fourth-order valence-electron chi connectivity index (χ4n) is 4.56. The van der Waals surface area contributed by atoms with Crippen LogP contribution in [-0.2, 0) is 24.3 Å². The zero-order valence-corrected chi connectivity index (χ0v) is 23.6. The van der Waals surface area contributed by atoms with Gasteiger partial charge in [0.25, 0.3) is 0 Å². The minimum absolute atomic E-state index is 0.141. The lowest BCUT2D eigenvalue weighted by Gasteiger charge is -2.16. The van der Waals surface area contributed by atoms with Crippen molar-refractivity contribution in [3.8, 4) is 22.9 Å². The van der Waals surface area contributed by atoms with Crippen molar-refractivity contribution in [3.05, 3.63) is 69.8 Å². The van der Waals surface area contributed by atoms with Gasteiger partial charge in [0.2, 0.25) is 5.91 Å². The van der Waals surface area contributed by atoms with Crippen LogP contribution in [0.2, 0.25) is 5.02 Å². The Labute approximate surface area is 233 Å². The number of carbonyl (C=O) groups excluding carboxylic acids is 1. The number of benzene rings is 2. The van der Waals surface area contributed by atoms with Crippen LogP contribution in [0.5, 0.6) is 11.5 Å². The van der Waals surface area contributed by atoms with Crippen LogP contribution < -0.4 is 14.8 Å². The highest BCUT2D eigenvalue weighted by Gasteiger charge is 2.18. The number of rotatable bonds is 12. The molecule has 0 spiro atoms. The summed E-state index contributed by atoms with van der Waals surface area (Å²) in [6.07, 6.45) is 1.76. The summed E-state index contributed by atoms with van der Waals surface area (Å²) in [7, 11) is 3.15. The molecule has 2 aromatic heterocycles. The third-order valence-electron chi connectivity index (χ3n) is 6.86. The molecule has 1 atom stereocenters. The minimum Gasteiger partial charge on any atom is -0.493 e. The number of aryl methyl sites for hydroxylation is 1. The first-order valence-corrected chi connectivity index (χ1v) is 13.1. The van der Waals surface area contributed by atoms with Gasteiger partial charge in [-0.3, -0.25) is 4.79 Å². The maximum absolute atomic E-state index is 12.7. The van der Waals surface area contributed by atoms with Crippen molar-refractivity contribution in [1.82, 2.24) is 35.5 Å². The van der Waals surface area contributed by atoms with Gasteiger partial charge in [0.15, 0.2) is 17.3 Å². The average molecular weight is 551 g/mol. The van der Waals surface area contributed by atoms with Gasteiger partial charge in [-0.25, -0.2) is 15.4 Å². The second-order valence-electron chi connectivity index (χ2n) is 9.52. The lowest BCUT2D eigenvalue weighted by atomic mass is 9.96. The fourth-order valence-corrected chi connectivity index (χ4v) is 4.87. The molecule has 2 aromatic carbocycles. The maximum Gasteiger partial charge on any atom is 0.241 e. The number of H-pyrrole nitrogens is 1. The number of nitrogens with one attached hydrogen (secondary N) is 1. The number of methoxy groups -OCH3 is 2. The predicted octanol–water partition coefficient (Wildman–Crippen LogP) is 4.69. The number of amides is 1. The van der Waals surface area contributed by atoms with Crippen LogP contribution in [0.1, 0.15) is 48.1 Å². The van der Waals surface area contributed by atoms with E-state index in [9.17, 15) is 4.79 Å². The first kappa shape index (κ1) is 28.1. The van der Waals surface area contributed by atoms with Gasteiger partial charge in [0.05, 0.1) is 24.9 Å². The van der Waals surface area contributed by atoms with E-state index in [4.69, 9.17) is 26.1 Å². The third-order valence-corrected chi connectivity index (χ3v) is 7.28. The Morgan fingerprint density at radius 1 is 1.13 bits per heavy atom. The Bertz CT molecular complexity index is 1420. The fraction of sp³-hybridized carbons (Fsp3) is 0.393. The average Bonchev–Trinajstić information content (AvgIpc) is 3.56. The quantitative estimate of drug-likeness (QED) is 0.271. The monoisotopic (exact) mass is 550 g/mol. The molecule has 4 aromatic rings. The molecule has 4 rings (SSSR count). The lowest BCUT2D eigenvalue weighted by Crippen LogP contribution is -2.19. The summed E-state index contributed by atoms with van der Waals surface area (Å²) >= 11 is 6.53. The Hall–Kier alpha value is -3.92. The molecule has 11 heteroatoms. The number of ether oxygens (including phenoxy) is 2. The van der Waals surface area contributed by atoms with Gasteiger partial charge in [0, 0.05) is 24.2 Å². The largest absolute Gasteiger partial charge is 0.493 e. The van der Waals surface area contributed by atoms with Gasteiger partial charge in [0.1, 0.15) is 12.4 Å². The van der Waals surface area contributed by atoms with E-state index in [1.807, 2.05) is 50.2 Å². The van der Waals surface area contributed by atoms with Crippen molar-refractivity contribution in [3.63, 3.8) is 0 Å². The van der Waals surface area contributed by atoms with Gasteiger partial charge >= 0.3 is 0 Å². The number of tetrazole rings is 1. The molecule has 205 valence electrons. The van der Waals surface area contributed by atoms with E-state index in [1.54, 1.807) is 14.2 Å². The molecule has 0 fully saturated rings. The van der Waals surface area contributed by atoms with Gasteiger partial charge in [-0.1, -0.05) is 48.9 Å². The number of nitrogens with zero attached hydrogens (tertiary/aromatic N) is 6. The summed E-state index contributed by atoms with van der Waals surface area (Å²) in [5.41, 5.74) is 4.84. The molecule has 1 unspecified atom stereocenters. The number of imidazole rings is 1. The van der Waals surface area contributed by atoms with Crippen molar-refractivity contribution in [1.29, 1.82) is 0 Å². The Morgan fingerprint density at radius 3 is 2.64 bits per heavy atom. The summed E-state index contributed by atoms with van der Waals surface area (Å²) in [4.78, 5) is 17.4. The van der Waals surface area contributed by atoms with Crippen LogP contribution in [0.25, 0.3) is 11.4 Å². The molecule has 0 saturated carbocycles. The van der Waals surface area contributed by atoms with E-state index in [1.165, 1.54) is 0 Å². The van der Waals surface area contributed by atoms with E-state index >= 15 is 0 Å². The van der Waals surface area contributed by atoms with Crippen LogP contribution in [0.15, 0.2) is 36.4 Å². The number of halogens is 1. The molecule has 10 nitrogen and oxygen atoms in total. The van der Waals surface area contributed by atoms with Crippen LogP contribution in [0, 0.1) is 19.8 Å². The molecule has 0 bridgehead atoms. The normalized spacial score (nSPS) is 11.8. The summed E-state index contributed by atoms with van der Waals surface area (Å²) < 4.78 is 12.8. The lowest BCUT2D eigenvalue weighted by molar-refractivity contribution is -0.121. The summed E-state index contributed by atoms with van der Waals surface area (Å²) in [5, 5.41) is 19.2. The molecule has 2 heterocycles. The number of carbonyl (C=O) groups is 1. The smallest absolute Gasteiger partial charge is 0.241 e. The number of hydrogen-bond acceptors (Lipinski definition) is 7. The summed E-state index contributed by atoms with van der Waals surface area (Å²) in [5.74, 6) is 2.55. The van der Waals surface area contributed by atoms with Crippen LogP contribution in [0.4, 0.5) is 0 Å². The highest BCUT2D eigenvalue weighted by molar-refractivity contribution is 6.33. The highest BCUT2D eigenvalue weighted by atomic mass is 35.5.